The van der Waals surface area contributed by atoms with Crippen molar-refractivity contribution in [2.24, 2.45) is 0 Å². The Balaban J connectivity index is 2.30. The van der Waals surface area contributed by atoms with Crippen molar-refractivity contribution in [3.8, 4) is 0 Å². The second-order valence-electron chi connectivity index (χ2n) is 4.17. The molecule has 0 amide bonds. The molecule has 0 atom stereocenters. The molecule has 84 valence electrons. The molecule has 0 aliphatic rings. The van der Waals surface area contributed by atoms with Gasteiger partial charge in [0.25, 0.3) is 0 Å². The molecular weight excluding hydrogens is 204 g/mol. The molecule has 0 aliphatic carbocycles. The molecule has 17 heavy (non-hydrogen) atoms. The van der Waals surface area contributed by atoms with Crippen LogP contribution in [0.4, 0.5) is 0 Å². The van der Waals surface area contributed by atoms with Gasteiger partial charge in [-0.05, 0) is 29.2 Å². The monoisotopic (exact) mass is 220 g/mol. The summed E-state index contributed by atoms with van der Waals surface area (Å²) in [6.07, 6.45) is 1.85. The lowest BCUT2D eigenvalue weighted by atomic mass is 9.98. The van der Waals surface area contributed by atoms with Crippen molar-refractivity contribution in [3.05, 3.63) is 83.9 Å². The Kier molecular flexibility index (Phi) is 3.24. The first-order valence-corrected chi connectivity index (χ1v) is 5.69. The van der Waals surface area contributed by atoms with E-state index in [1.807, 2.05) is 6.08 Å². The predicted octanol–water partition coefficient (Wildman–Crippen LogP) is 4.70. The van der Waals surface area contributed by atoms with Crippen LogP contribution in [-0.2, 0) is 0 Å². The zero-order valence-electron chi connectivity index (χ0n) is 10.1. The van der Waals surface area contributed by atoms with Gasteiger partial charge in [0, 0.05) is 0 Å². The molecule has 2 aromatic rings. The fourth-order valence-electron chi connectivity index (χ4n) is 1.74. The standard InChI is InChI=1S/C17H16/c1-4-15-7-11-17(12-8-15)14(3)16-9-5-13(2)6-10-16/h4-12H,1,3H2,2H3. The summed E-state index contributed by atoms with van der Waals surface area (Å²) in [5.41, 5.74) is 5.77. The molecule has 0 nitrogen and oxygen atoms in total. The van der Waals surface area contributed by atoms with Gasteiger partial charge in [0.1, 0.15) is 0 Å². The molecule has 0 aliphatic heterocycles. The Morgan fingerprint density at radius 3 is 1.82 bits per heavy atom. The quantitative estimate of drug-likeness (QED) is 0.703. The molecule has 0 heteroatoms. The highest BCUT2D eigenvalue weighted by Gasteiger charge is 2.01. The largest absolute Gasteiger partial charge is 0.0985 e. The Hall–Kier alpha value is -2.08. The third-order valence-electron chi connectivity index (χ3n) is 2.89. The molecule has 0 fully saturated rings. The minimum Gasteiger partial charge on any atom is -0.0985 e. The van der Waals surface area contributed by atoms with Crippen molar-refractivity contribution < 1.29 is 0 Å². The van der Waals surface area contributed by atoms with E-state index in [9.17, 15) is 0 Å². The van der Waals surface area contributed by atoms with E-state index in [1.54, 1.807) is 0 Å². The maximum atomic E-state index is 4.15. The number of benzene rings is 2. The summed E-state index contributed by atoms with van der Waals surface area (Å²) in [4.78, 5) is 0. The summed E-state index contributed by atoms with van der Waals surface area (Å²) in [5, 5.41) is 0. The second kappa shape index (κ2) is 4.84. The average molecular weight is 220 g/mol. The first-order chi connectivity index (χ1) is 8.20. The van der Waals surface area contributed by atoms with E-state index in [0.29, 0.717) is 0 Å². The molecule has 0 radical (unpaired) electrons. The van der Waals surface area contributed by atoms with Gasteiger partial charge in [-0.15, -0.1) is 0 Å². The fourth-order valence-corrected chi connectivity index (χ4v) is 1.74. The minimum atomic E-state index is 1.06. The summed E-state index contributed by atoms with van der Waals surface area (Å²) in [6.45, 7) is 9.99. The number of rotatable bonds is 3. The topological polar surface area (TPSA) is 0 Å². The first-order valence-electron chi connectivity index (χ1n) is 5.69. The van der Waals surface area contributed by atoms with E-state index in [0.717, 1.165) is 16.7 Å². The number of hydrogen-bond donors (Lipinski definition) is 0. The van der Waals surface area contributed by atoms with E-state index < -0.39 is 0 Å². The summed E-state index contributed by atoms with van der Waals surface area (Å²) >= 11 is 0. The Morgan fingerprint density at radius 2 is 1.35 bits per heavy atom. The molecule has 0 heterocycles. The maximum Gasteiger partial charge on any atom is -0.0183 e. The van der Waals surface area contributed by atoms with Gasteiger partial charge < -0.3 is 0 Å². The van der Waals surface area contributed by atoms with Crippen LogP contribution >= 0.6 is 0 Å². The molecule has 2 aromatic carbocycles. The van der Waals surface area contributed by atoms with E-state index in [-0.39, 0.29) is 0 Å². The molecule has 0 unspecified atom stereocenters. The van der Waals surface area contributed by atoms with Gasteiger partial charge in [0.15, 0.2) is 0 Å². The van der Waals surface area contributed by atoms with Crippen LogP contribution in [0.3, 0.4) is 0 Å². The molecular formula is C17H16. The van der Waals surface area contributed by atoms with E-state index in [1.165, 1.54) is 11.1 Å². The van der Waals surface area contributed by atoms with E-state index in [2.05, 4.69) is 68.6 Å². The SMILES string of the molecule is C=Cc1ccc(C(=C)c2ccc(C)cc2)cc1. The van der Waals surface area contributed by atoms with Crippen LogP contribution in [0.15, 0.2) is 61.7 Å². The van der Waals surface area contributed by atoms with Gasteiger partial charge in [-0.1, -0.05) is 73.3 Å². The van der Waals surface area contributed by atoms with Crippen molar-refractivity contribution in [1.29, 1.82) is 0 Å². The van der Waals surface area contributed by atoms with Gasteiger partial charge in [0.2, 0.25) is 0 Å². The van der Waals surface area contributed by atoms with Crippen molar-refractivity contribution >= 4 is 11.6 Å². The smallest absolute Gasteiger partial charge is 0.0183 e. The van der Waals surface area contributed by atoms with Crippen LogP contribution in [0.1, 0.15) is 22.3 Å². The molecule has 0 bridgehead atoms. The third-order valence-corrected chi connectivity index (χ3v) is 2.89. The molecule has 0 aromatic heterocycles. The van der Waals surface area contributed by atoms with Crippen molar-refractivity contribution in [3.63, 3.8) is 0 Å². The zero-order chi connectivity index (χ0) is 12.3. The first kappa shape index (κ1) is 11.4. The lowest BCUT2D eigenvalue weighted by Crippen LogP contribution is -1.86. The summed E-state index contributed by atoms with van der Waals surface area (Å²) in [6, 6.07) is 16.7. The lowest BCUT2D eigenvalue weighted by molar-refractivity contribution is 1.45. The number of hydrogen-bond acceptors (Lipinski definition) is 0. The molecule has 0 saturated heterocycles. The van der Waals surface area contributed by atoms with Gasteiger partial charge in [0.05, 0.1) is 0 Å². The summed E-state index contributed by atoms with van der Waals surface area (Å²) in [5.74, 6) is 0. The highest BCUT2D eigenvalue weighted by molar-refractivity contribution is 5.78. The van der Waals surface area contributed by atoms with Crippen molar-refractivity contribution in [2.45, 2.75) is 6.92 Å². The van der Waals surface area contributed by atoms with E-state index >= 15 is 0 Å². The molecule has 0 N–H and O–H groups in total. The Labute approximate surface area is 103 Å². The van der Waals surface area contributed by atoms with Crippen LogP contribution < -0.4 is 0 Å². The lowest BCUT2D eigenvalue weighted by Gasteiger charge is -2.07. The van der Waals surface area contributed by atoms with Gasteiger partial charge in [-0.2, -0.15) is 0 Å². The zero-order valence-corrected chi connectivity index (χ0v) is 10.1. The highest BCUT2D eigenvalue weighted by atomic mass is 14.1. The molecule has 0 saturated carbocycles. The minimum absolute atomic E-state index is 1.06. The van der Waals surface area contributed by atoms with Gasteiger partial charge in [-0.25, -0.2) is 0 Å². The average Bonchev–Trinajstić information content (AvgIpc) is 2.39. The number of aryl methyl sites for hydroxylation is 1. The summed E-state index contributed by atoms with van der Waals surface area (Å²) < 4.78 is 0. The molecule has 2 rings (SSSR count). The Morgan fingerprint density at radius 1 is 0.882 bits per heavy atom. The van der Waals surface area contributed by atoms with Gasteiger partial charge in [-0.3, -0.25) is 0 Å². The van der Waals surface area contributed by atoms with E-state index in [4.69, 9.17) is 0 Å². The fraction of sp³-hybridized carbons (Fsp3) is 0.0588. The second-order valence-corrected chi connectivity index (χ2v) is 4.17. The summed E-state index contributed by atoms with van der Waals surface area (Å²) in [7, 11) is 0. The van der Waals surface area contributed by atoms with Crippen LogP contribution in [0.5, 0.6) is 0 Å². The maximum absolute atomic E-state index is 4.15. The van der Waals surface area contributed by atoms with Crippen LogP contribution in [0.2, 0.25) is 0 Å². The predicted molar refractivity (Wildman–Crippen MR) is 75.8 cm³/mol. The molecule has 0 spiro atoms. The highest BCUT2D eigenvalue weighted by Crippen LogP contribution is 2.22. The van der Waals surface area contributed by atoms with Crippen molar-refractivity contribution in [1.82, 2.24) is 0 Å². The van der Waals surface area contributed by atoms with Crippen LogP contribution in [0, 0.1) is 6.92 Å². The Bertz CT molecular complexity index is 527. The van der Waals surface area contributed by atoms with Gasteiger partial charge >= 0.3 is 0 Å². The normalized spacial score (nSPS) is 9.94. The van der Waals surface area contributed by atoms with Crippen LogP contribution in [-0.4, -0.2) is 0 Å². The van der Waals surface area contributed by atoms with Crippen molar-refractivity contribution in [2.75, 3.05) is 0 Å². The van der Waals surface area contributed by atoms with Crippen LogP contribution in [0.25, 0.3) is 11.6 Å². The third kappa shape index (κ3) is 2.54.